The van der Waals surface area contributed by atoms with E-state index >= 15 is 0 Å². The molecule has 6 heteroatoms. The van der Waals surface area contributed by atoms with Crippen molar-refractivity contribution in [1.82, 2.24) is 4.90 Å². The minimum absolute atomic E-state index is 0.00518. The maximum Gasteiger partial charge on any atom is 0.306 e. The lowest BCUT2D eigenvalue weighted by atomic mass is 9.95. The molecule has 0 aliphatic carbocycles. The Bertz CT molecular complexity index is 597. The Balaban J connectivity index is 1.91. The largest absolute Gasteiger partial charge is 0.481 e. The maximum atomic E-state index is 12.2. The molecular formula is C17H22N2O4. The molecule has 1 saturated heterocycles. The number of piperidine rings is 1. The standard InChI is InChI=1S/C17H22N2O4/c1-11(17(22)23)9-12-3-5-14(6-4-12)18-16(21)13-7-8-19(2)15(20)10-13/h3-6,11,13H,7-10H2,1-2H3,(H,18,21)(H,22,23). The lowest BCUT2D eigenvalue weighted by Crippen LogP contribution is -2.39. The van der Waals surface area contributed by atoms with Crippen molar-refractivity contribution in [2.45, 2.75) is 26.2 Å². The van der Waals surface area contributed by atoms with E-state index in [4.69, 9.17) is 5.11 Å². The summed E-state index contributed by atoms with van der Waals surface area (Å²) in [5.74, 6) is -1.70. The van der Waals surface area contributed by atoms with Crippen molar-refractivity contribution >= 4 is 23.5 Å². The molecule has 1 heterocycles. The first-order chi connectivity index (χ1) is 10.9. The third-order valence-electron chi connectivity index (χ3n) is 4.22. The summed E-state index contributed by atoms with van der Waals surface area (Å²) in [6.07, 6.45) is 1.37. The van der Waals surface area contributed by atoms with Gasteiger partial charge in [-0.15, -0.1) is 0 Å². The normalized spacial score (nSPS) is 19.3. The van der Waals surface area contributed by atoms with Crippen molar-refractivity contribution < 1.29 is 19.5 Å². The second-order valence-corrected chi connectivity index (χ2v) is 6.13. The molecule has 0 bridgehead atoms. The molecule has 23 heavy (non-hydrogen) atoms. The number of anilines is 1. The van der Waals surface area contributed by atoms with Crippen LogP contribution < -0.4 is 5.32 Å². The Morgan fingerprint density at radius 2 is 2.00 bits per heavy atom. The number of rotatable bonds is 5. The summed E-state index contributed by atoms with van der Waals surface area (Å²) in [4.78, 5) is 36.4. The van der Waals surface area contributed by atoms with E-state index in [1.54, 1.807) is 31.0 Å². The topological polar surface area (TPSA) is 86.7 Å². The third-order valence-corrected chi connectivity index (χ3v) is 4.22. The van der Waals surface area contributed by atoms with E-state index < -0.39 is 11.9 Å². The van der Waals surface area contributed by atoms with Gasteiger partial charge in [-0.25, -0.2) is 0 Å². The fourth-order valence-corrected chi connectivity index (χ4v) is 2.58. The molecule has 2 amide bonds. The number of aliphatic carboxylic acids is 1. The zero-order chi connectivity index (χ0) is 17.0. The van der Waals surface area contributed by atoms with Crippen molar-refractivity contribution in [3.8, 4) is 0 Å². The number of carbonyl (C=O) groups is 3. The van der Waals surface area contributed by atoms with Crippen molar-refractivity contribution in [2.75, 3.05) is 18.9 Å². The van der Waals surface area contributed by atoms with Crippen LogP contribution in [0, 0.1) is 11.8 Å². The molecule has 2 N–H and O–H groups in total. The van der Waals surface area contributed by atoms with Gasteiger partial charge in [-0.3, -0.25) is 14.4 Å². The molecule has 0 saturated carbocycles. The lowest BCUT2D eigenvalue weighted by Gasteiger charge is -2.27. The third kappa shape index (κ3) is 4.55. The predicted molar refractivity (Wildman–Crippen MR) is 85.9 cm³/mol. The summed E-state index contributed by atoms with van der Waals surface area (Å²) in [7, 11) is 1.74. The summed E-state index contributed by atoms with van der Waals surface area (Å²) in [5.41, 5.74) is 1.57. The second-order valence-electron chi connectivity index (χ2n) is 6.13. The van der Waals surface area contributed by atoms with E-state index in [0.29, 0.717) is 25.1 Å². The lowest BCUT2D eigenvalue weighted by molar-refractivity contribution is -0.141. The first-order valence-electron chi connectivity index (χ1n) is 7.73. The van der Waals surface area contributed by atoms with E-state index in [1.165, 1.54) is 0 Å². The minimum atomic E-state index is -0.825. The van der Waals surface area contributed by atoms with Crippen LogP contribution in [0.3, 0.4) is 0 Å². The number of carbonyl (C=O) groups excluding carboxylic acids is 2. The van der Waals surface area contributed by atoms with Crippen LogP contribution in [0.25, 0.3) is 0 Å². The monoisotopic (exact) mass is 318 g/mol. The van der Waals surface area contributed by atoms with Crippen molar-refractivity contribution in [3.05, 3.63) is 29.8 Å². The van der Waals surface area contributed by atoms with E-state index in [0.717, 1.165) is 5.56 Å². The smallest absolute Gasteiger partial charge is 0.306 e. The molecule has 2 atom stereocenters. The highest BCUT2D eigenvalue weighted by Gasteiger charge is 2.28. The first kappa shape index (κ1) is 17.0. The molecule has 1 aliphatic rings. The summed E-state index contributed by atoms with van der Waals surface area (Å²) in [6.45, 7) is 2.26. The van der Waals surface area contributed by atoms with E-state index in [9.17, 15) is 14.4 Å². The Labute approximate surface area is 135 Å². The summed E-state index contributed by atoms with van der Waals surface area (Å²) >= 11 is 0. The van der Waals surface area contributed by atoms with Crippen LogP contribution in [0.2, 0.25) is 0 Å². The number of carboxylic acid groups (broad SMARTS) is 1. The predicted octanol–water partition coefficient (Wildman–Crippen LogP) is 1.76. The van der Waals surface area contributed by atoms with E-state index in [1.807, 2.05) is 12.1 Å². The van der Waals surface area contributed by atoms with Gasteiger partial charge in [-0.05, 0) is 30.5 Å². The van der Waals surface area contributed by atoms with Gasteiger partial charge >= 0.3 is 5.97 Å². The van der Waals surface area contributed by atoms with Crippen LogP contribution in [0.1, 0.15) is 25.3 Å². The Morgan fingerprint density at radius 1 is 1.35 bits per heavy atom. The number of nitrogens with one attached hydrogen (secondary N) is 1. The minimum Gasteiger partial charge on any atom is -0.481 e. The molecule has 0 spiro atoms. The molecule has 1 aromatic rings. The number of hydrogen-bond acceptors (Lipinski definition) is 3. The van der Waals surface area contributed by atoms with E-state index in [2.05, 4.69) is 5.32 Å². The first-order valence-corrected chi connectivity index (χ1v) is 7.73. The van der Waals surface area contributed by atoms with Gasteiger partial charge in [0.2, 0.25) is 11.8 Å². The van der Waals surface area contributed by atoms with Gasteiger partial charge in [0, 0.05) is 31.6 Å². The van der Waals surface area contributed by atoms with Crippen LogP contribution in [0.15, 0.2) is 24.3 Å². The zero-order valence-corrected chi connectivity index (χ0v) is 13.4. The molecular weight excluding hydrogens is 296 g/mol. The van der Waals surface area contributed by atoms with Crippen LogP contribution in [0.4, 0.5) is 5.69 Å². The summed E-state index contributed by atoms with van der Waals surface area (Å²) < 4.78 is 0. The summed E-state index contributed by atoms with van der Waals surface area (Å²) in [6, 6.07) is 7.15. The average molecular weight is 318 g/mol. The van der Waals surface area contributed by atoms with Gasteiger partial charge in [0.15, 0.2) is 0 Å². The second kappa shape index (κ2) is 7.26. The number of benzene rings is 1. The van der Waals surface area contributed by atoms with E-state index in [-0.39, 0.29) is 24.2 Å². The van der Waals surface area contributed by atoms with Gasteiger partial charge < -0.3 is 15.3 Å². The number of likely N-dealkylation sites (tertiary alicyclic amines) is 1. The quantitative estimate of drug-likeness (QED) is 0.866. The molecule has 1 fully saturated rings. The molecule has 6 nitrogen and oxygen atoms in total. The number of carboxylic acids is 1. The molecule has 1 aliphatic heterocycles. The Morgan fingerprint density at radius 3 is 2.57 bits per heavy atom. The van der Waals surface area contributed by atoms with Crippen LogP contribution in [-0.4, -0.2) is 41.4 Å². The number of hydrogen-bond donors (Lipinski definition) is 2. The highest BCUT2D eigenvalue weighted by atomic mass is 16.4. The molecule has 2 rings (SSSR count). The molecule has 124 valence electrons. The van der Waals surface area contributed by atoms with Crippen molar-refractivity contribution in [3.63, 3.8) is 0 Å². The SMILES string of the molecule is CC(Cc1ccc(NC(=O)C2CCN(C)C(=O)C2)cc1)C(=O)O. The molecule has 0 aromatic heterocycles. The molecule has 2 unspecified atom stereocenters. The van der Waals surface area contributed by atoms with Crippen molar-refractivity contribution in [1.29, 1.82) is 0 Å². The fraction of sp³-hybridized carbons (Fsp3) is 0.471. The van der Waals surface area contributed by atoms with Crippen LogP contribution in [-0.2, 0) is 20.8 Å². The van der Waals surface area contributed by atoms with Gasteiger partial charge in [-0.1, -0.05) is 19.1 Å². The van der Waals surface area contributed by atoms with Crippen LogP contribution >= 0.6 is 0 Å². The maximum absolute atomic E-state index is 12.2. The van der Waals surface area contributed by atoms with Crippen molar-refractivity contribution in [2.24, 2.45) is 11.8 Å². The highest BCUT2D eigenvalue weighted by molar-refractivity contribution is 5.95. The van der Waals surface area contributed by atoms with Gasteiger partial charge in [0.25, 0.3) is 0 Å². The number of nitrogens with zero attached hydrogens (tertiary/aromatic N) is 1. The average Bonchev–Trinajstić information content (AvgIpc) is 2.51. The Kier molecular flexibility index (Phi) is 5.36. The number of amides is 2. The fourth-order valence-electron chi connectivity index (χ4n) is 2.58. The van der Waals surface area contributed by atoms with Gasteiger partial charge in [0.1, 0.15) is 0 Å². The molecule has 1 aromatic carbocycles. The Hall–Kier alpha value is -2.37. The zero-order valence-electron chi connectivity index (χ0n) is 13.4. The summed E-state index contributed by atoms with van der Waals surface area (Å²) in [5, 5.41) is 11.7. The highest BCUT2D eigenvalue weighted by Crippen LogP contribution is 2.20. The van der Waals surface area contributed by atoms with Crippen LogP contribution in [0.5, 0.6) is 0 Å². The van der Waals surface area contributed by atoms with Gasteiger partial charge in [-0.2, -0.15) is 0 Å². The molecule has 0 radical (unpaired) electrons. The van der Waals surface area contributed by atoms with Gasteiger partial charge in [0.05, 0.1) is 5.92 Å².